The Morgan fingerprint density at radius 1 is 1.48 bits per heavy atom. The summed E-state index contributed by atoms with van der Waals surface area (Å²) in [5.74, 6) is 0.948. The molecular formula is C14H14N4O2S. The molecular weight excluding hydrogens is 288 g/mol. The molecule has 108 valence electrons. The fourth-order valence-electron chi connectivity index (χ4n) is 1.87. The van der Waals surface area contributed by atoms with Crippen molar-refractivity contribution >= 4 is 29.0 Å². The van der Waals surface area contributed by atoms with Crippen LogP contribution in [0.4, 0.5) is 5.82 Å². The molecule has 6 nitrogen and oxygen atoms in total. The van der Waals surface area contributed by atoms with Gasteiger partial charge in [0.05, 0.1) is 17.0 Å². The number of nitrogens with zero attached hydrogens (tertiary/aromatic N) is 3. The molecule has 3 heterocycles. The minimum Gasteiger partial charge on any atom is -0.360 e. The summed E-state index contributed by atoms with van der Waals surface area (Å²) in [6.45, 7) is 3.61. The molecule has 0 aromatic carbocycles. The average molecular weight is 302 g/mol. The fraction of sp³-hybridized carbons (Fsp3) is 0.214. The summed E-state index contributed by atoms with van der Waals surface area (Å²) < 4.78 is 6.87. The molecule has 0 radical (unpaired) electrons. The van der Waals surface area contributed by atoms with Crippen LogP contribution in [0.25, 0.3) is 5.52 Å². The van der Waals surface area contributed by atoms with Gasteiger partial charge in [-0.25, -0.2) is 4.98 Å². The number of aromatic nitrogens is 3. The molecule has 0 spiro atoms. The first-order valence-corrected chi connectivity index (χ1v) is 7.34. The highest BCUT2D eigenvalue weighted by Gasteiger charge is 2.18. The molecule has 3 aromatic heterocycles. The van der Waals surface area contributed by atoms with Crippen molar-refractivity contribution in [2.24, 2.45) is 0 Å². The Kier molecular flexibility index (Phi) is 3.66. The molecule has 1 amide bonds. The lowest BCUT2D eigenvalue weighted by molar-refractivity contribution is -0.115. The second-order valence-corrected chi connectivity index (χ2v) is 5.92. The summed E-state index contributed by atoms with van der Waals surface area (Å²) in [4.78, 5) is 16.5. The van der Waals surface area contributed by atoms with E-state index in [1.165, 1.54) is 11.8 Å². The summed E-state index contributed by atoms with van der Waals surface area (Å²) in [6, 6.07) is 7.54. The summed E-state index contributed by atoms with van der Waals surface area (Å²) in [5, 5.41) is 6.95. The standard InChI is InChI=1S/C14H14N4O2S/c1-9-7-12(17-20-9)16-13(19)10(2)21-14-15-8-11-5-3-4-6-18(11)14/h3-8,10H,1-2H3,(H,16,17,19)/t10-/m1/s1. The van der Waals surface area contributed by atoms with E-state index in [0.717, 1.165) is 10.7 Å². The van der Waals surface area contributed by atoms with Gasteiger partial charge in [0.25, 0.3) is 0 Å². The van der Waals surface area contributed by atoms with Crippen LogP contribution in [0.1, 0.15) is 12.7 Å². The van der Waals surface area contributed by atoms with Crippen LogP contribution >= 0.6 is 11.8 Å². The van der Waals surface area contributed by atoms with E-state index < -0.39 is 0 Å². The summed E-state index contributed by atoms with van der Waals surface area (Å²) >= 11 is 1.40. The highest BCUT2D eigenvalue weighted by Crippen LogP contribution is 2.24. The van der Waals surface area contributed by atoms with E-state index in [2.05, 4.69) is 15.5 Å². The van der Waals surface area contributed by atoms with Crippen LogP contribution in [0.15, 0.2) is 46.3 Å². The maximum absolute atomic E-state index is 12.1. The number of carbonyl (C=O) groups excluding carboxylic acids is 1. The highest BCUT2D eigenvalue weighted by molar-refractivity contribution is 8.00. The first-order valence-electron chi connectivity index (χ1n) is 6.46. The molecule has 1 N–H and O–H groups in total. The van der Waals surface area contributed by atoms with E-state index >= 15 is 0 Å². The van der Waals surface area contributed by atoms with Crippen LogP contribution in [0.3, 0.4) is 0 Å². The zero-order chi connectivity index (χ0) is 14.8. The van der Waals surface area contributed by atoms with Gasteiger partial charge >= 0.3 is 0 Å². The molecule has 0 unspecified atom stereocenters. The van der Waals surface area contributed by atoms with Crippen LogP contribution in [-0.2, 0) is 4.79 Å². The number of amides is 1. The zero-order valence-corrected chi connectivity index (χ0v) is 12.4. The first-order chi connectivity index (χ1) is 10.1. The summed E-state index contributed by atoms with van der Waals surface area (Å²) in [7, 11) is 0. The van der Waals surface area contributed by atoms with Crippen molar-refractivity contribution < 1.29 is 9.32 Å². The Morgan fingerprint density at radius 2 is 2.33 bits per heavy atom. The second kappa shape index (κ2) is 5.61. The summed E-state index contributed by atoms with van der Waals surface area (Å²) in [5.41, 5.74) is 1.000. The van der Waals surface area contributed by atoms with Crippen molar-refractivity contribution in [1.82, 2.24) is 14.5 Å². The lowest BCUT2D eigenvalue weighted by atomic mass is 10.4. The fourth-order valence-corrected chi connectivity index (χ4v) is 2.75. The minimum atomic E-state index is -0.298. The van der Waals surface area contributed by atoms with Gasteiger partial charge < -0.3 is 9.84 Å². The third-order valence-electron chi connectivity index (χ3n) is 2.94. The molecule has 3 rings (SSSR count). The van der Waals surface area contributed by atoms with Crippen LogP contribution < -0.4 is 5.32 Å². The molecule has 7 heteroatoms. The predicted molar refractivity (Wildman–Crippen MR) is 80.4 cm³/mol. The largest absolute Gasteiger partial charge is 0.360 e. The number of imidazole rings is 1. The van der Waals surface area contributed by atoms with E-state index in [-0.39, 0.29) is 11.2 Å². The van der Waals surface area contributed by atoms with Crippen LogP contribution in [0.5, 0.6) is 0 Å². The molecule has 0 saturated carbocycles. The van der Waals surface area contributed by atoms with Crippen molar-refractivity contribution in [2.45, 2.75) is 24.3 Å². The number of rotatable bonds is 4. The monoisotopic (exact) mass is 302 g/mol. The van der Waals surface area contributed by atoms with Gasteiger partial charge in [0, 0.05) is 12.3 Å². The maximum Gasteiger partial charge on any atom is 0.238 e. The third-order valence-corrected chi connectivity index (χ3v) is 4.02. The Hall–Kier alpha value is -2.28. The normalized spacial score (nSPS) is 12.5. The number of pyridine rings is 1. The van der Waals surface area contributed by atoms with Gasteiger partial charge in [-0.3, -0.25) is 9.20 Å². The van der Waals surface area contributed by atoms with Crippen LogP contribution in [0, 0.1) is 6.92 Å². The van der Waals surface area contributed by atoms with Gasteiger partial charge in [0.15, 0.2) is 11.0 Å². The van der Waals surface area contributed by atoms with Gasteiger partial charge in [0.2, 0.25) is 5.91 Å². The number of carbonyl (C=O) groups is 1. The van der Waals surface area contributed by atoms with E-state index in [0.29, 0.717) is 11.6 Å². The molecule has 0 fully saturated rings. The molecule has 21 heavy (non-hydrogen) atoms. The Morgan fingerprint density at radius 3 is 3.10 bits per heavy atom. The zero-order valence-electron chi connectivity index (χ0n) is 11.6. The van der Waals surface area contributed by atoms with Crippen LogP contribution in [0.2, 0.25) is 0 Å². The lowest BCUT2D eigenvalue weighted by Gasteiger charge is -2.09. The van der Waals surface area contributed by atoms with Crippen molar-refractivity contribution in [2.75, 3.05) is 5.32 Å². The number of fused-ring (bicyclic) bond motifs is 1. The molecule has 3 aromatic rings. The first kappa shape index (κ1) is 13.7. The van der Waals surface area contributed by atoms with Gasteiger partial charge in [-0.05, 0) is 26.0 Å². The number of anilines is 1. The molecule has 0 aliphatic carbocycles. The third kappa shape index (κ3) is 2.92. The highest BCUT2D eigenvalue weighted by atomic mass is 32.2. The Balaban J connectivity index is 1.70. The van der Waals surface area contributed by atoms with E-state index in [1.807, 2.05) is 35.7 Å². The Bertz CT molecular complexity index is 780. The van der Waals surface area contributed by atoms with Crippen LogP contribution in [-0.4, -0.2) is 25.7 Å². The second-order valence-electron chi connectivity index (χ2n) is 4.61. The van der Waals surface area contributed by atoms with Gasteiger partial charge in [-0.2, -0.15) is 0 Å². The van der Waals surface area contributed by atoms with Crippen molar-refractivity contribution in [3.8, 4) is 0 Å². The van der Waals surface area contributed by atoms with E-state index in [1.54, 1.807) is 19.2 Å². The molecule has 1 atom stereocenters. The number of hydrogen-bond acceptors (Lipinski definition) is 5. The summed E-state index contributed by atoms with van der Waals surface area (Å²) in [6.07, 6.45) is 3.71. The van der Waals surface area contributed by atoms with Crippen molar-refractivity contribution in [1.29, 1.82) is 0 Å². The average Bonchev–Trinajstić information content (AvgIpc) is 3.06. The molecule has 0 aliphatic heterocycles. The lowest BCUT2D eigenvalue weighted by Crippen LogP contribution is -2.22. The SMILES string of the molecule is Cc1cc(NC(=O)[C@@H](C)Sc2ncc3ccccn23)no1. The maximum atomic E-state index is 12.1. The van der Waals surface area contributed by atoms with E-state index in [4.69, 9.17) is 4.52 Å². The number of nitrogens with one attached hydrogen (secondary N) is 1. The minimum absolute atomic E-state index is 0.138. The van der Waals surface area contributed by atoms with Gasteiger partial charge in [-0.1, -0.05) is 23.0 Å². The number of thioether (sulfide) groups is 1. The molecule has 0 aliphatic rings. The smallest absolute Gasteiger partial charge is 0.238 e. The quantitative estimate of drug-likeness (QED) is 0.750. The predicted octanol–water partition coefficient (Wildman–Crippen LogP) is 2.75. The van der Waals surface area contributed by atoms with Gasteiger partial charge in [0.1, 0.15) is 5.76 Å². The molecule has 0 bridgehead atoms. The van der Waals surface area contributed by atoms with Gasteiger partial charge in [-0.15, -0.1) is 0 Å². The topological polar surface area (TPSA) is 72.4 Å². The Labute approximate surface area is 125 Å². The van der Waals surface area contributed by atoms with Crippen molar-refractivity contribution in [3.05, 3.63) is 42.4 Å². The van der Waals surface area contributed by atoms with Crippen molar-refractivity contribution in [3.63, 3.8) is 0 Å². The number of aryl methyl sites for hydroxylation is 1. The number of hydrogen-bond donors (Lipinski definition) is 1. The van der Waals surface area contributed by atoms with E-state index in [9.17, 15) is 4.79 Å². The molecule has 0 saturated heterocycles.